The van der Waals surface area contributed by atoms with Gasteiger partial charge in [-0.1, -0.05) is 0 Å². The first-order valence-electron chi connectivity index (χ1n) is 7.59. The van der Waals surface area contributed by atoms with Gasteiger partial charge < -0.3 is 5.11 Å². The molecule has 0 unspecified atom stereocenters. The number of carboxylic acids is 1. The first-order valence-corrected chi connectivity index (χ1v) is 7.59. The van der Waals surface area contributed by atoms with Crippen molar-refractivity contribution in [1.82, 2.24) is 19.7 Å². The largest absolute Gasteiger partial charge is 0.481 e. The summed E-state index contributed by atoms with van der Waals surface area (Å²) in [5.74, 6) is -0.775. The van der Waals surface area contributed by atoms with Crippen LogP contribution in [0.25, 0.3) is 0 Å². The Morgan fingerprint density at radius 1 is 1.27 bits per heavy atom. The van der Waals surface area contributed by atoms with Crippen LogP contribution in [0.4, 0.5) is 0 Å². The normalized spacial score (nSPS) is 15.3. The molecule has 3 heterocycles. The molecule has 116 valence electrons. The molecule has 0 aromatic carbocycles. The highest BCUT2D eigenvalue weighted by atomic mass is 16.4. The van der Waals surface area contributed by atoms with Crippen molar-refractivity contribution < 1.29 is 9.90 Å². The number of carboxylic acid groups (broad SMARTS) is 1. The summed E-state index contributed by atoms with van der Waals surface area (Å²) in [6.07, 6.45) is 5.33. The molecule has 0 atom stereocenters. The molecule has 6 heteroatoms. The van der Waals surface area contributed by atoms with Crippen molar-refractivity contribution in [2.75, 3.05) is 6.54 Å². The smallest absolute Gasteiger partial charge is 0.303 e. The molecule has 0 bridgehead atoms. The molecule has 0 aliphatic carbocycles. The fraction of sp³-hybridized carbons (Fsp3) is 0.438. The van der Waals surface area contributed by atoms with Gasteiger partial charge in [-0.2, -0.15) is 5.10 Å². The number of aryl methyl sites for hydroxylation is 2. The van der Waals surface area contributed by atoms with Crippen LogP contribution < -0.4 is 0 Å². The van der Waals surface area contributed by atoms with Crippen LogP contribution in [0, 0.1) is 0 Å². The molecule has 1 aliphatic rings. The van der Waals surface area contributed by atoms with Gasteiger partial charge in [0.15, 0.2) is 0 Å². The minimum Gasteiger partial charge on any atom is -0.481 e. The molecule has 1 aliphatic heterocycles. The van der Waals surface area contributed by atoms with Crippen LogP contribution in [-0.4, -0.2) is 37.3 Å². The van der Waals surface area contributed by atoms with E-state index in [9.17, 15) is 4.79 Å². The lowest BCUT2D eigenvalue weighted by atomic mass is 10.2. The van der Waals surface area contributed by atoms with Gasteiger partial charge in [0, 0.05) is 45.0 Å². The van der Waals surface area contributed by atoms with Crippen LogP contribution in [0.15, 0.2) is 30.6 Å². The summed E-state index contributed by atoms with van der Waals surface area (Å²) in [5, 5.41) is 13.3. The van der Waals surface area contributed by atoms with Crippen molar-refractivity contribution >= 4 is 5.97 Å². The second-order valence-electron chi connectivity index (χ2n) is 5.66. The third kappa shape index (κ3) is 3.71. The molecule has 0 fully saturated rings. The van der Waals surface area contributed by atoms with Gasteiger partial charge in [0.05, 0.1) is 17.8 Å². The van der Waals surface area contributed by atoms with Gasteiger partial charge >= 0.3 is 5.97 Å². The summed E-state index contributed by atoms with van der Waals surface area (Å²) in [7, 11) is 0. The standard InChI is InChI=1S/C16H20N4O2/c21-16(22)3-2-14-10-15-12-19(8-1-9-20(15)18-14)11-13-4-6-17-7-5-13/h4-7,10H,1-3,8-9,11-12H2,(H,21,22). The summed E-state index contributed by atoms with van der Waals surface area (Å²) in [4.78, 5) is 17.1. The number of aromatic nitrogens is 3. The molecule has 1 N–H and O–H groups in total. The first-order chi connectivity index (χ1) is 10.7. The zero-order valence-electron chi connectivity index (χ0n) is 12.5. The Morgan fingerprint density at radius 2 is 2.09 bits per heavy atom. The van der Waals surface area contributed by atoms with E-state index in [4.69, 9.17) is 5.11 Å². The Kier molecular flexibility index (Phi) is 4.48. The van der Waals surface area contributed by atoms with E-state index in [2.05, 4.69) is 15.0 Å². The monoisotopic (exact) mass is 300 g/mol. The maximum atomic E-state index is 10.7. The van der Waals surface area contributed by atoms with E-state index >= 15 is 0 Å². The Balaban J connectivity index is 1.68. The molecule has 0 spiro atoms. The Bertz CT molecular complexity index is 639. The van der Waals surface area contributed by atoms with E-state index in [1.165, 1.54) is 11.3 Å². The molecule has 0 amide bonds. The van der Waals surface area contributed by atoms with Crippen LogP contribution in [-0.2, 0) is 30.8 Å². The number of rotatable bonds is 5. The molecule has 6 nitrogen and oxygen atoms in total. The fourth-order valence-corrected chi connectivity index (χ4v) is 2.83. The zero-order valence-corrected chi connectivity index (χ0v) is 12.5. The lowest BCUT2D eigenvalue weighted by Crippen LogP contribution is -2.22. The number of carbonyl (C=O) groups is 1. The number of hydrogen-bond acceptors (Lipinski definition) is 4. The number of aliphatic carboxylic acids is 1. The molecule has 2 aromatic rings. The maximum absolute atomic E-state index is 10.7. The molecular weight excluding hydrogens is 280 g/mol. The van der Waals surface area contributed by atoms with Crippen LogP contribution in [0.5, 0.6) is 0 Å². The van der Waals surface area contributed by atoms with E-state index in [1.807, 2.05) is 35.3 Å². The molecular formula is C16H20N4O2. The van der Waals surface area contributed by atoms with Gasteiger partial charge in [-0.15, -0.1) is 0 Å². The fourth-order valence-electron chi connectivity index (χ4n) is 2.83. The van der Waals surface area contributed by atoms with Crippen LogP contribution in [0.1, 0.15) is 29.8 Å². The van der Waals surface area contributed by atoms with E-state index in [0.717, 1.165) is 38.3 Å². The lowest BCUT2D eigenvalue weighted by Gasteiger charge is -2.19. The number of fused-ring (bicyclic) bond motifs is 1. The minimum atomic E-state index is -0.775. The van der Waals surface area contributed by atoms with Crippen LogP contribution in [0.2, 0.25) is 0 Å². The lowest BCUT2D eigenvalue weighted by molar-refractivity contribution is -0.136. The molecule has 0 radical (unpaired) electrons. The van der Waals surface area contributed by atoms with Gasteiger partial charge in [0.25, 0.3) is 0 Å². The second kappa shape index (κ2) is 6.70. The van der Waals surface area contributed by atoms with Crippen molar-refractivity contribution in [1.29, 1.82) is 0 Å². The highest BCUT2D eigenvalue weighted by molar-refractivity contribution is 5.66. The molecule has 22 heavy (non-hydrogen) atoms. The predicted molar refractivity (Wildman–Crippen MR) is 81.2 cm³/mol. The predicted octanol–water partition coefficient (Wildman–Crippen LogP) is 1.70. The average molecular weight is 300 g/mol. The van der Waals surface area contributed by atoms with Gasteiger partial charge in [0.1, 0.15) is 0 Å². The summed E-state index contributed by atoms with van der Waals surface area (Å²) >= 11 is 0. The van der Waals surface area contributed by atoms with Gasteiger partial charge in [-0.25, -0.2) is 0 Å². The Labute approximate surface area is 129 Å². The van der Waals surface area contributed by atoms with E-state index in [-0.39, 0.29) is 6.42 Å². The quantitative estimate of drug-likeness (QED) is 0.910. The summed E-state index contributed by atoms with van der Waals surface area (Å²) in [6, 6.07) is 6.13. The molecule has 0 saturated heterocycles. The van der Waals surface area contributed by atoms with Crippen molar-refractivity contribution in [3.8, 4) is 0 Å². The van der Waals surface area contributed by atoms with Crippen LogP contribution in [0.3, 0.4) is 0 Å². The minimum absolute atomic E-state index is 0.136. The maximum Gasteiger partial charge on any atom is 0.303 e. The van der Waals surface area contributed by atoms with Gasteiger partial charge in [-0.05, 0) is 30.2 Å². The SMILES string of the molecule is O=C(O)CCc1cc2n(n1)CCCN(Cc1ccncc1)C2. The van der Waals surface area contributed by atoms with E-state index in [0.29, 0.717) is 6.42 Å². The highest BCUT2D eigenvalue weighted by Crippen LogP contribution is 2.16. The number of nitrogens with zero attached hydrogens (tertiary/aromatic N) is 4. The highest BCUT2D eigenvalue weighted by Gasteiger charge is 2.17. The Hall–Kier alpha value is -2.21. The van der Waals surface area contributed by atoms with Gasteiger partial charge in [-0.3, -0.25) is 19.4 Å². The van der Waals surface area contributed by atoms with E-state index < -0.39 is 5.97 Å². The van der Waals surface area contributed by atoms with E-state index in [1.54, 1.807) is 0 Å². The van der Waals surface area contributed by atoms with Crippen LogP contribution >= 0.6 is 0 Å². The number of hydrogen-bond donors (Lipinski definition) is 1. The van der Waals surface area contributed by atoms with Crippen molar-refractivity contribution in [3.05, 3.63) is 47.5 Å². The first kappa shape index (κ1) is 14.7. The van der Waals surface area contributed by atoms with Crippen molar-refractivity contribution in [2.45, 2.75) is 38.9 Å². The summed E-state index contributed by atoms with van der Waals surface area (Å²) in [6.45, 7) is 3.69. The van der Waals surface area contributed by atoms with Gasteiger partial charge in [0.2, 0.25) is 0 Å². The third-order valence-corrected chi connectivity index (χ3v) is 3.89. The van der Waals surface area contributed by atoms with Crippen molar-refractivity contribution in [3.63, 3.8) is 0 Å². The topological polar surface area (TPSA) is 71.2 Å². The molecule has 0 saturated carbocycles. The average Bonchev–Trinajstić information content (AvgIpc) is 2.79. The molecule has 2 aromatic heterocycles. The number of pyridine rings is 1. The Morgan fingerprint density at radius 3 is 2.86 bits per heavy atom. The second-order valence-corrected chi connectivity index (χ2v) is 5.66. The summed E-state index contributed by atoms with van der Waals surface area (Å²) in [5.41, 5.74) is 3.31. The summed E-state index contributed by atoms with van der Waals surface area (Å²) < 4.78 is 2.03. The third-order valence-electron chi connectivity index (χ3n) is 3.89. The molecule has 3 rings (SSSR count). The van der Waals surface area contributed by atoms with Crippen molar-refractivity contribution in [2.24, 2.45) is 0 Å². The zero-order chi connectivity index (χ0) is 15.4.